The molecule has 1 aromatic heterocycles. The van der Waals surface area contributed by atoms with Gasteiger partial charge in [-0.2, -0.15) is 5.10 Å². The molecule has 0 radical (unpaired) electrons. The fraction of sp³-hybridized carbons (Fsp3) is 0.714. The van der Waals surface area contributed by atoms with Crippen molar-refractivity contribution >= 4 is 5.84 Å². The SMILES string of the molecule is CC(CC(N)=NO)N(C)Cc1ccn(C2CCCC2)n1. The van der Waals surface area contributed by atoms with Crippen molar-refractivity contribution in [1.82, 2.24) is 14.7 Å². The summed E-state index contributed by atoms with van der Waals surface area (Å²) in [5.74, 6) is 0.265. The average Bonchev–Trinajstić information content (AvgIpc) is 3.08. The van der Waals surface area contributed by atoms with Gasteiger partial charge in [-0.15, -0.1) is 0 Å². The van der Waals surface area contributed by atoms with E-state index in [4.69, 9.17) is 10.9 Å². The standard InChI is InChI=1S/C14H25N5O/c1-11(9-14(15)17-20)18(2)10-12-7-8-19(16-12)13-5-3-4-6-13/h7-8,11,13,20H,3-6,9-10H2,1-2H3,(H2,15,17). The molecule has 6 heteroatoms. The molecule has 0 saturated heterocycles. The van der Waals surface area contributed by atoms with E-state index in [1.54, 1.807) is 0 Å². The number of nitrogens with two attached hydrogens (primary N) is 1. The molecule has 1 aliphatic rings. The second-order valence-corrected chi connectivity index (χ2v) is 5.78. The summed E-state index contributed by atoms with van der Waals surface area (Å²) < 4.78 is 2.12. The van der Waals surface area contributed by atoms with E-state index in [1.807, 2.05) is 7.05 Å². The lowest BCUT2D eigenvalue weighted by Crippen LogP contribution is -2.33. The molecule has 1 unspecified atom stereocenters. The highest BCUT2D eigenvalue weighted by molar-refractivity contribution is 5.80. The van der Waals surface area contributed by atoms with Crippen LogP contribution in [0.25, 0.3) is 0 Å². The lowest BCUT2D eigenvalue weighted by Gasteiger charge is -2.23. The summed E-state index contributed by atoms with van der Waals surface area (Å²) in [6, 6.07) is 2.89. The number of hydrogen-bond acceptors (Lipinski definition) is 4. The van der Waals surface area contributed by atoms with Gasteiger partial charge in [-0.1, -0.05) is 18.0 Å². The summed E-state index contributed by atoms with van der Waals surface area (Å²) in [6.45, 7) is 2.84. The van der Waals surface area contributed by atoms with Crippen molar-refractivity contribution in [1.29, 1.82) is 0 Å². The van der Waals surface area contributed by atoms with E-state index in [1.165, 1.54) is 25.7 Å². The number of nitrogens with zero attached hydrogens (tertiary/aromatic N) is 4. The lowest BCUT2D eigenvalue weighted by atomic mass is 10.2. The summed E-state index contributed by atoms with van der Waals surface area (Å²) in [6.07, 6.45) is 7.77. The molecule has 0 aromatic carbocycles. The first-order valence-corrected chi connectivity index (χ1v) is 7.31. The van der Waals surface area contributed by atoms with Gasteiger partial charge in [0.15, 0.2) is 0 Å². The number of aromatic nitrogens is 2. The maximum absolute atomic E-state index is 8.61. The second-order valence-electron chi connectivity index (χ2n) is 5.78. The van der Waals surface area contributed by atoms with Crippen molar-refractivity contribution in [2.75, 3.05) is 7.05 Å². The maximum Gasteiger partial charge on any atom is 0.140 e. The Hall–Kier alpha value is -1.56. The highest BCUT2D eigenvalue weighted by Gasteiger charge is 2.18. The minimum Gasteiger partial charge on any atom is -0.409 e. The van der Waals surface area contributed by atoms with E-state index in [0.29, 0.717) is 12.5 Å². The Labute approximate surface area is 120 Å². The normalized spacial score (nSPS) is 18.9. The zero-order valence-corrected chi connectivity index (χ0v) is 12.4. The van der Waals surface area contributed by atoms with Crippen LogP contribution >= 0.6 is 0 Å². The minimum atomic E-state index is 0.211. The Balaban J connectivity index is 1.89. The number of hydrogen-bond donors (Lipinski definition) is 2. The van der Waals surface area contributed by atoms with E-state index in [9.17, 15) is 0 Å². The Morgan fingerprint density at radius 2 is 2.30 bits per heavy atom. The molecule has 20 heavy (non-hydrogen) atoms. The summed E-state index contributed by atoms with van der Waals surface area (Å²) in [5.41, 5.74) is 6.62. The third kappa shape index (κ3) is 3.72. The molecule has 0 bridgehead atoms. The van der Waals surface area contributed by atoms with Crippen molar-refractivity contribution in [3.05, 3.63) is 18.0 Å². The molecule has 0 aliphatic heterocycles. The van der Waals surface area contributed by atoms with Crippen molar-refractivity contribution in [3.63, 3.8) is 0 Å². The summed E-state index contributed by atoms with van der Waals surface area (Å²) in [5, 5.41) is 16.3. The summed E-state index contributed by atoms with van der Waals surface area (Å²) in [7, 11) is 2.03. The molecule has 0 amide bonds. The molecule has 112 valence electrons. The van der Waals surface area contributed by atoms with Crippen molar-refractivity contribution in [2.24, 2.45) is 10.9 Å². The van der Waals surface area contributed by atoms with E-state index >= 15 is 0 Å². The van der Waals surface area contributed by atoms with Gasteiger partial charge >= 0.3 is 0 Å². The molecule has 1 aliphatic carbocycles. The number of rotatable bonds is 6. The van der Waals surface area contributed by atoms with Crippen LogP contribution in [0.5, 0.6) is 0 Å². The van der Waals surface area contributed by atoms with Gasteiger partial charge in [-0.05, 0) is 32.9 Å². The van der Waals surface area contributed by atoms with E-state index in [2.05, 4.69) is 39.0 Å². The summed E-state index contributed by atoms with van der Waals surface area (Å²) in [4.78, 5) is 2.17. The smallest absolute Gasteiger partial charge is 0.140 e. The molecule has 0 spiro atoms. The molecular weight excluding hydrogens is 254 g/mol. The predicted molar refractivity (Wildman–Crippen MR) is 78.7 cm³/mol. The van der Waals surface area contributed by atoms with Gasteiger partial charge in [0.05, 0.1) is 11.7 Å². The van der Waals surface area contributed by atoms with Crippen LogP contribution in [-0.4, -0.2) is 38.8 Å². The fourth-order valence-corrected chi connectivity index (χ4v) is 2.74. The number of amidine groups is 1. The van der Waals surface area contributed by atoms with Crippen molar-refractivity contribution in [3.8, 4) is 0 Å². The Bertz CT molecular complexity index is 450. The molecule has 1 heterocycles. The lowest BCUT2D eigenvalue weighted by molar-refractivity contribution is 0.247. The van der Waals surface area contributed by atoms with Gasteiger partial charge in [0.25, 0.3) is 0 Å². The third-order valence-electron chi connectivity index (χ3n) is 4.16. The summed E-state index contributed by atoms with van der Waals surface area (Å²) >= 11 is 0. The molecule has 3 N–H and O–H groups in total. The van der Waals surface area contributed by atoms with Gasteiger partial charge in [0.2, 0.25) is 0 Å². The molecule has 6 nitrogen and oxygen atoms in total. The molecule has 1 fully saturated rings. The fourth-order valence-electron chi connectivity index (χ4n) is 2.74. The van der Waals surface area contributed by atoms with Crippen LogP contribution in [0, 0.1) is 0 Å². The van der Waals surface area contributed by atoms with Gasteiger partial charge < -0.3 is 10.9 Å². The minimum absolute atomic E-state index is 0.211. The first-order chi connectivity index (χ1) is 9.60. The predicted octanol–water partition coefficient (Wildman–Crippen LogP) is 1.95. The zero-order chi connectivity index (χ0) is 14.5. The molecule has 1 aromatic rings. The van der Waals surface area contributed by atoms with Crippen LogP contribution in [0.15, 0.2) is 17.4 Å². The molecule has 2 rings (SSSR count). The highest BCUT2D eigenvalue weighted by Crippen LogP contribution is 2.28. The Morgan fingerprint density at radius 3 is 2.95 bits per heavy atom. The Kier molecular flexibility index (Phi) is 5.00. The van der Waals surface area contributed by atoms with E-state index in [0.717, 1.165) is 12.2 Å². The second kappa shape index (κ2) is 6.74. The van der Waals surface area contributed by atoms with Gasteiger partial charge in [-0.3, -0.25) is 9.58 Å². The van der Waals surface area contributed by atoms with Crippen LogP contribution in [0.2, 0.25) is 0 Å². The molecule has 1 saturated carbocycles. The van der Waals surface area contributed by atoms with Gasteiger partial charge in [-0.25, -0.2) is 0 Å². The van der Waals surface area contributed by atoms with Crippen molar-refractivity contribution < 1.29 is 5.21 Å². The largest absolute Gasteiger partial charge is 0.409 e. The van der Waals surface area contributed by atoms with Crippen LogP contribution in [0.1, 0.15) is 50.8 Å². The van der Waals surface area contributed by atoms with E-state index in [-0.39, 0.29) is 11.9 Å². The van der Waals surface area contributed by atoms with Crippen LogP contribution in [0.3, 0.4) is 0 Å². The average molecular weight is 279 g/mol. The maximum atomic E-state index is 8.61. The van der Waals surface area contributed by atoms with Crippen molar-refractivity contribution in [2.45, 2.75) is 57.7 Å². The third-order valence-corrected chi connectivity index (χ3v) is 4.16. The van der Waals surface area contributed by atoms with Crippen LogP contribution in [0.4, 0.5) is 0 Å². The van der Waals surface area contributed by atoms with Crippen LogP contribution < -0.4 is 5.73 Å². The first-order valence-electron chi connectivity index (χ1n) is 7.31. The Morgan fingerprint density at radius 1 is 1.60 bits per heavy atom. The van der Waals surface area contributed by atoms with Gasteiger partial charge in [0.1, 0.15) is 5.84 Å². The monoisotopic (exact) mass is 279 g/mol. The van der Waals surface area contributed by atoms with Crippen LogP contribution in [-0.2, 0) is 6.54 Å². The first kappa shape index (κ1) is 14.8. The molecular formula is C14H25N5O. The highest BCUT2D eigenvalue weighted by atomic mass is 16.4. The van der Waals surface area contributed by atoms with E-state index < -0.39 is 0 Å². The zero-order valence-electron chi connectivity index (χ0n) is 12.4. The number of oxime groups is 1. The molecule has 1 atom stereocenters. The quantitative estimate of drug-likeness (QED) is 0.361. The topological polar surface area (TPSA) is 79.7 Å². The van der Waals surface area contributed by atoms with Gasteiger partial charge in [0, 0.05) is 25.2 Å².